The van der Waals surface area contributed by atoms with Crippen LogP contribution in [0.4, 0.5) is 5.82 Å². The average molecular weight is 434 g/mol. The average Bonchev–Trinajstić information content (AvgIpc) is 2.57. The maximum atomic E-state index is 6.17. The molecule has 2 aromatic rings. The fraction of sp³-hybridized carbons (Fsp3) is 0.357. The molecule has 3 nitrogen and oxygen atoms in total. The van der Waals surface area contributed by atoms with Crippen LogP contribution in [0.2, 0.25) is 0 Å². The van der Waals surface area contributed by atoms with Gasteiger partial charge in [-0.25, -0.2) is 4.68 Å². The van der Waals surface area contributed by atoms with E-state index in [4.69, 9.17) is 5.73 Å². The summed E-state index contributed by atoms with van der Waals surface area (Å²) in [5.41, 5.74) is 8.42. The van der Waals surface area contributed by atoms with Crippen LogP contribution in [0.1, 0.15) is 26.5 Å². The number of halogens is 2. The first-order valence-electron chi connectivity index (χ1n) is 6.07. The first-order valence-corrected chi connectivity index (χ1v) is 7.94. The van der Waals surface area contributed by atoms with Crippen LogP contribution in [-0.4, -0.2) is 9.78 Å². The topological polar surface area (TPSA) is 43.8 Å². The number of rotatable bonds is 2. The fourth-order valence-electron chi connectivity index (χ4n) is 1.85. The maximum Gasteiger partial charge on any atom is 0.141 e. The third-order valence-electron chi connectivity index (χ3n) is 2.70. The van der Waals surface area contributed by atoms with E-state index >= 15 is 0 Å². The van der Waals surface area contributed by atoms with Crippen molar-refractivity contribution in [1.29, 1.82) is 0 Å². The minimum absolute atomic E-state index is 0.200. The monoisotopic (exact) mass is 433 g/mol. The van der Waals surface area contributed by atoms with Crippen LogP contribution in [0.25, 0.3) is 5.69 Å². The van der Waals surface area contributed by atoms with Gasteiger partial charge in [-0.3, -0.25) is 0 Å². The van der Waals surface area contributed by atoms with Gasteiger partial charge in [0, 0.05) is 4.47 Å². The van der Waals surface area contributed by atoms with Crippen molar-refractivity contribution in [3.8, 4) is 5.69 Å². The normalized spacial score (nSPS) is 11.8. The predicted octanol–water partition coefficient (Wildman–Crippen LogP) is 4.41. The number of hydrogen-bond donors (Lipinski definition) is 1. The Morgan fingerprint density at radius 3 is 2.37 bits per heavy atom. The molecule has 102 valence electrons. The molecule has 0 spiro atoms. The molecule has 1 aromatic carbocycles. The van der Waals surface area contributed by atoms with Crippen LogP contribution >= 0.6 is 38.5 Å². The highest BCUT2D eigenvalue weighted by molar-refractivity contribution is 14.1. The molecule has 0 fully saturated rings. The SMILES string of the molecule is CC(C)(C)Cc1nn(-c2ccc(Br)cc2)c(N)c1I. The zero-order valence-corrected chi connectivity index (χ0v) is 15.0. The van der Waals surface area contributed by atoms with Crippen LogP contribution in [0.15, 0.2) is 28.7 Å². The molecule has 0 aliphatic carbocycles. The molecule has 0 aliphatic heterocycles. The summed E-state index contributed by atoms with van der Waals surface area (Å²) in [6, 6.07) is 7.99. The van der Waals surface area contributed by atoms with E-state index in [-0.39, 0.29) is 5.41 Å². The molecule has 19 heavy (non-hydrogen) atoms. The molecule has 0 aliphatic rings. The number of hydrogen-bond acceptors (Lipinski definition) is 2. The lowest BCUT2D eigenvalue weighted by Gasteiger charge is -2.16. The number of nitrogen functional groups attached to an aromatic ring is 1. The molecule has 0 amide bonds. The van der Waals surface area contributed by atoms with Crippen LogP contribution in [0.5, 0.6) is 0 Å². The summed E-state index contributed by atoms with van der Waals surface area (Å²) in [5, 5.41) is 4.66. The summed E-state index contributed by atoms with van der Waals surface area (Å²) in [7, 11) is 0. The number of anilines is 1. The number of nitrogens with two attached hydrogens (primary N) is 1. The Kier molecular flexibility index (Phi) is 4.25. The van der Waals surface area contributed by atoms with Gasteiger partial charge in [0.2, 0.25) is 0 Å². The predicted molar refractivity (Wildman–Crippen MR) is 91.6 cm³/mol. The molecular weight excluding hydrogens is 417 g/mol. The Labute approximate surface area is 135 Å². The molecule has 0 saturated carbocycles. The summed E-state index contributed by atoms with van der Waals surface area (Å²) in [6.07, 6.45) is 0.916. The Bertz CT molecular complexity index is 582. The van der Waals surface area contributed by atoms with Gasteiger partial charge in [0.05, 0.1) is 15.0 Å². The van der Waals surface area contributed by atoms with Gasteiger partial charge in [-0.2, -0.15) is 5.10 Å². The highest BCUT2D eigenvalue weighted by Crippen LogP contribution is 2.28. The minimum atomic E-state index is 0.200. The van der Waals surface area contributed by atoms with E-state index in [1.807, 2.05) is 28.9 Å². The molecule has 1 heterocycles. The summed E-state index contributed by atoms with van der Waals surface area (Å²) in [5.74, 6) is 0.710. The van der Waals surface area contributed by atoms with Crippen LogP contribution in [-0.2, 0) is 6.42 Å². The largest absolute Gasteiger partial charge is 0.383 e. The van der Waals surface area contributed by atoms with Crippen molar-refractivity contribution in [2.75, 3.05) is 5.73 Å². The van der Waals surface area contributed by atoms with Crippen LogP contribution in [0.3, 0.4) is 0 Å². The molecule has 2 N–H and O–H groups in total. The van der Waals surface area contributed by atoms with Gasteiger partial charge in [0.15, 0.2) is 0 Å². The van der Waals surface area contributed by atoms with E-state index in [1.54, 1.807) is 0 Å². The molecule has 0 saturated heterocycles. The molecule has 0 unspecified atom stereocenters. The molecule has 1 aromatic heterocycles. The van der Waals surface area contributed by atoms with Crippen molar-refractivity contribution in [3.63, 3.8) is 0 Å². The molecule has 0 bridgehead atoms. The highest BCUT2D eigenvalue weighted by atomic mass is 127. The lowest BCUT2D eigenvalue weighted by molar-refractivity contribution is 0.404. The van der Waals surface area contributed by atoms with Gasteiger partial charge < -0.3 is 5.73 Å². The van der Waals surface area contributed by atoms with Crippen molar-refractivity contribution in [3.05, 3.63) is 38.0 Å². The minimum Gasteiger partial charge on any atom is -0.383 e. The second-order valence-corrected chi connectivity index (χ2v) is 7.77. The van der Waals surface area contributed by atoms with Gasteiger partial charge >= 0.3 is 0 Å². The molecule has 5 heteroatoms. The smallest absolute Gasteiger partial charge is 0.141 e. The number of aromatic nitrogens is 2. The third-order valence-corrected chi connectivity index (χ3v) is 4.40. The van der Waals surface area contributed by atoms with Gasteiger partial charge in [-0.1, -0.05) is 36.7 Å². The Morgan fingerprint density at radius 1 is 1.26 bits per heavy atom. The lowest BCUT2D eigenvalue weighted by Crippen LogP contribution is -2.10. The van der Waals surface area contributed by atoms with Crippen molar-refractivity contribution in [2.24, 2.45) is 5.41 Å². The van der Waals surface area contributed by atoms with Crippen molar-refractivity contribution < 1.29 is 0 Å². The first-order chi connectivity index (χ1) is 8.78. The summed E-state index contributed by atoms with van der Waals surface area (Å²) in [4.78, 5) is 0. The lowest BCUT2D eigenvalue weighted by atomic mass is 9.91. The van der Waals surface area contributed by atoms with E-state index in [0.717, 1.165) is 25.8 Å². The zero-order valence-electron chi connectivity index (χ0n) is 11.2. The van der Waals surface area contributed by atoms with Gasteiger partial charge in [0.25, 0.3) is 0 Å². The third kappa shape index (κ3) is 3.51. The van der Waals surface area contributed by atoms with E-state index in [0.29, 0.717) is 5.82 Å². The summed E-state index contributed by atoms with van der Waals surface area (Å²) < 4.78 is 3.91. The maximum absolute atomic E-state index is 6.17. The molecule has 2 rings (SSSR count). The highest BCUT2D eigenvalue weighted by Gasteiger charge is 2.20. The fourth-order valence-corrected chi connectivity index (χ4v) is 2.65. The molecule has 0 radical (unpaired) electrons. The van der Waals surface area contributed by atoms with Crippen LogP contribution < -0.4 is 5.73 Å². The van der Waals surface area contributed by atoms with Crippen molar-refractivity contribution >= 4 is 44.3 Å². The second-order valence-electron chi connectivity index (χ2n) is 5.77. The Hall–Kier alpha value is -0.560. The summed E-state index contributed by atoms with van der Waals surface area (Å²) in [6.45, 7) is 6.62. The van der Waals surface area contributed by atoms with E-state index in [9.17, 15) is 0 Å². The Morgan fingerprint density at radius 2 is 1.84 bits per heavy atom. The van der Waals surface area contributed by atoms with E-state index in [2.05, 4.69) is 64.4 Å². The number of benzene rings is 1. The molecule has 0 atom stereocenters. The van der Waals surface area contributed by atoms with Crippen LogP contribution in [0, 0.1) is 8.99 Å². The van der Waals surface area contributed by atoms with E-state index in [1.165, 1.54) is 0 Å². The van der Waals surface area contributed by atoms with Gasteiger partial charge in [0.1, 0.15) is 5.82 Å². The quantitative estimate of drug-likeness (QED) is 0.712. The summed E-state index contributed by atoms with van der Waals surface area (Å²) >= 11 is 5.72. The Balaban J connectivity index is 2.43. The van der Waals surface area contributed by atoms with Gasteiger partial charge in [-0.15, -0.1) is 0 Å². The number of nitrogens with zero attached hydrogens (tertiary/aromatic N) is 2. The van der Waals surface area contributed by atoms with Crippen molar-refractivity contribution in [1.82, 2.24) is 9.78 Å². The first kappa shape index (κ1) is 14.8. The zero-order chi connectivity index (χ0) is 14.2. The molecular formula is C14H17BrIN3. The van der Waals surface area contributed by atoms with Crippen molar-refractivity contribution in [2.45, 2.75) is 27.2 Å². The van der Waals surface area contributed by atoms with E-state index < -0.39 is 0 Å². The van der Waals surface area contributed by atoms with Gasteiger partial charge in [-0.05, 0) is 58.7 Å². The second kappa shape index (κ2) is 5.44. The standard InChI is InChI=1S/C14H17BrIN3/c1-14(2,3)8-11-12(16)13(17)19(18-11)10-6-4-9(15)5-7-10/h4-7H,8,17H2,1-3H3.